The molecular weight excluding hydrogens is 409 g/mol. The van der Waals surface area contributed by atoms with Crippen LogP contribution < -0.4 is 10.1 Å². The Balaban J connectivity index is 1.88. The van der Waals surface area contributed by atoms with Crippen LogP contribution in [-0.4, -0.2) is 22.4 Å². The number of ether oxygens (including phenoxy) is 1. The number of para-hydroxylation sites is 1. The number of fused-ring (bicyclic) bond motifs is 1. The number of imidazole rings is 1. The Hall–Kier alpha value is -3.02. The number of aryl methyl sites for hydroxylation is 1. The minimum absolute atomic E-state index is 0.339. The summed E-state index contributed by atoms with van der Waals surface area (Å²) in [6.45, 7) is 1.98. The summed E-state index contributed by atoms with van der Waals surface area (Å²) in [5.41, 5.74) is 3.47. The number of rotatable bonds is 4. The van der Waals surface area contributed by atoms with Crippen LogP contribution in [0.15, 0.2) is 60.8 Å². The van der Waals surface area contributed by atoms with Crippen LogP contribution in [-0.2, 0) is 0 Å². The first-order valence-electron chi connectivity index (χ1n) is 8.86. The van der Waals surface area contributed by atoms with Crippen LogP contribution in [0.25, 0.3) is 16.9 Å². The van der Waals surface area contributed by atoms with Crippen molar-refractivity contribution in [2.75, 3.05) is 12.4 Å². The van der Waals surface area contributed by atoms with E-state index in [0.29, 0.717) is 38.5 Å². The highest BCUT2D eigenvalue weighted by Gasteiger charge is 2.20. The Morgan fingerprint density at radius 2 is 1.79 bits per heavy atom. The van der Waals surface area contributed by atoms with Gasteiger partial charge in [-0.2, -0.15) is 0 Å². The number of benzene rings is 2. The van der Waals surface area contributed by atoms with Gasteiger partial charge in [-0.3, -0.25) is 9.20 Å². The molecule has 4 aromatic rings. The van der Waals surface area contributed by atoms with Gasteiger partial charge in [0.1, 0.15) is 22.9 Å². The molecule has 0 spiro atoms. The number of hydrogen-bond donors (Lipinski definition) is 1. The first kappa shape index (κ1) is 19.3. The third-order valence-electron chi connectivity index (χ3n) is 4.49. The fourth-order valence-electron chi connectivity index (χ4n) is 3.16. The van der Waals surface area contributed by atoms with Crippen molar-refractivity contribution in [3.63, 3.8) is 0 Å². The SMILES string of the molecule is COc1ccccc1-c1nc2ccc(C)cn2c1NC(=O)c1cc(Cl)cc(Cl)c1. The lowest BCUT2D eigenvalue weighted by Crippen LogP contribution is -2.14. The van der Waals surface area contributed by atoms with E-state index in [1.807, 2.05) is 53.9 Å². The van der Waals surface area contributed by atoms with E-state index < -0.39 is 0 Å². The number of aromatic nitrogens is 2. The van der Waals surface area contributed by atoms with E-state index in [0.717, 1.165) is 11.1 Å². The first-order valence-corrected chi connectivity index (χ1v) is 9.61. The second-order valence-corrected chi connectivity index (χ2v) is 7.43. The van der Waals surface area contributed by atoms with Gasteiger partial charge in [0.2, 0.25) is 0 Å². The topological polar surface area (TPSA) is 55.6 Å². The van der Waals surface area contributed by atoms with Crippen molar-refractivity contribution in [2.45, 2.75) is 6.92 Å². The zero-order chi connectivity index (χ0) is 20.5. The fourth-order valence-corrected chi connectivity index (χ4v) is 3.69. The molecule has 0 saturated heterocycles. The lowest BCUT2D eigenvalue weighted by Gasteiger charge is -2.11. The summed E-state index contributed by atoms with van der Waals surface area (Å²) < 4.78 is 7.35. The third kappa shape index (κ3) is 3.79. The molecule has 146 valence electrons. The van der Waals surface area contributed by atoms with Crippen LogP contribution in [0.4, 0.5) is 5.82 Å². The molecule has 2 aromatic heterocycles. The molecule has 1 amide bonds. The average Bonchev–Trinajstić information content (AvgIpc) is 3.04. The van der Waals surface area contributed by atoms with Crippen LogP contribution in [0.5, 0.6) is 5.75 Å². The molecule has 29 heavy (non-hydrogen) atoms. The summed E-state index contributed by atoms with van der Waals surface area (Å²) in [5.74, 6) is 0.858. The molecule has 0 radical (unpaired) electrons. The molecule has 2 heterocycles. The van der Waals surface area contributed by atoms with Crippen molar-refractivity contribution >= 4 is 40.6 Å². The number of methoxy groups -OCH3 is 1. The Labute approximate surface area is 177 Å². The molecule has 4 rings (SSSR count). The van der Waals surface area contributed by atoms with Gasteiger partial charge in [0.15, 0.2) is 0 Å². The van der Waals surface area contributed by atoms with Gasteiger partial charge in [0.25, 0.3) is 5.91 Å². The number of pyridine rings is 1. The lowest BCUT2D eigenvalue weighted by molar-refractivity contribution is 0.102. The summed E-state index contributed by atoms with van der Waals surface area (Å²) in [6.07, 6.45) is 1.92. The van der Waals surface area contributed by atoms with E-state index in [1.165, 1.54) is 0 Å². The Morgan fingerprint density at radius 1 is 1.07 bits per heavy atom. The molecule has 0 atom stereocenters. The van der Waals surface area contributed by atoms with Crippen molar-refractivity contribution in [1.29, 1.82) is 0 Å². The second-order valence-electron chi connectivity index (χ2n) is 6.56. The van der Waals surface area contributed by atoms with Crippen molar-refractivity contribution < 1.29 is 9.53 Å². The summed E-state index contributed by atoms with van der Waals surface area (Å²) in [5, 5.41) is 3.75. The number of nitrogens with zero attached hydrogens (tertiary/aromatic N) is 2. The number of amides is 1. The minimum atomic E-state index is -0.339. The predicted octanol–water partition coefficient (Wildman–Crippen LogP) is 5.88. The average molecular weight is 426 g/mol. The number of carbonyl (C=O) groups excluding carboxylic acids is 1. The van der Waals surface area contributed by atoms with Crippen molar-refractivity contribution in [3.05, 3.63) is 82.0 Å². The maximum Gasteiger partial charge on any atom is 0.256 e. The molecule has 0 aliphatic heterocycles. The Bertz CT molecular complexity index is 1210. The van der Waals surface area contributed by atoms with Crippen LogP contribution >= 0.6 is 23.2 Å². The van der Waals surface area contributed by atoms with Crippen LogP contribution in [0, 0.1) is 6.92 Å². The molecule has 2 aromatic carbocycles. The van der Waals surface area contributed by atoms with E-state index >= 15 is 0 Å². The van der Waals surface area contributed by atoms with E-state index in [9.17, 15) is 4.79 Å². The third-order valence-corrected chi connectivity index (χ3v) is 4.92. The van der Waals surface area contributed by atoms with Crippen molar-refractivity contribution in [1.82, 2.24) is 9.38 Å². The van der Waals surface area contributed by atoms with Gasteiger partial charge in [-0.15, -0.1) is 0 Å². The monoisotopic (exact) mass is 425 g/mol. The van der Waals surface area contributed by atoms with E-state index in [4.69, 9.17) is 32.9 Å². The van der Waals surface area contributed by atoms with Crippen molar-refractivity contribution in [2.24, 2.45) is 0 Å². The number of halogens is 2. The summed E-state index contributed by atoms with van der Waals surface area (Å²) in [7, 11) is 1.60. The lowest BCUT2D eigenvalue weighted by atomic mass is 10.1. The molecule has 0 unspecified atom stereocenters. The highest BCUT2D eigenvalue weighted by molar-refractivity contribution is 6.35. The maximum absolute atomic E-state index is 13.0. The second kappa shape index (κ2) is 7.78. The smallest absolute Gasteiger partial charge is 0.256 e. The fraction of sp³-hybridized carbons (Fsp3) is 0.0909. The molecule has 0 fully saturated rings. The van der Waals surface area contributed by atoms with Crippen molar-refractivity contribution in [3.8, 4) is 17.0 Å². The zero-order valence-electron chi connectivity index (χ0n) is 15.7. The van der Waals surface area contributed by atoms with Crippen LogP contribution in [0.1, 0.15) is 15.9 Å². The highest BCUT2D eigenvalue weighted by atomic mass is 35.5. The maximum atomic E-state index is 13.0. The van der Waals surface area contributed by atoms with Gasteiger partial charge >= 0.3 is 0 Å². The standard InChI is InChI=1S/C22H17Cl2N3O2/c1-13-7-8-19-25-20(17-5-3-4-6-18(17)29-2)21(27(19)12-13)26-22(28)14-9-15(23)11-16(24)10-14/h3-12H,1-2H3,(H,26,28). The van der Waals surface area contributed by atoms with Gasteiger partial charge < -0.3 is 10.1 Å². The quantitative estimate of drug-likeness (QED) is 0.444. The zero-order valence-corrected chi connectivity index (χ0v) is 17.3. The van der Waals surface area contributed by atoms with Crippen LogP contribution in [0.2, 0.25) is 10.0 Å². The van der Waals surface area contributed by atoms with Gasteiger partial charge in [0, 0.05) is 27.4 Å². The van der Waals surface area contributed by atoms with E-state index in [1.54, 1.807) is 25.3 Å². The van der Waals surface area contributed by atoms with Gasteiger partial charge in [-0.1, -0.05) is 41.4 Å². The summed E-state index contributed by atoms with van der Waals surface area (Å²) >= 11 is 12.1. The largest absolute Gasteiger partial charge is 0.496 e. The molecule has 5 nitrogen and oxygen atoms in total. The highest BCUT2D eigenvalue weighted by Crippen LogP contribution is 2.35. The molecule has 0 aliphatic carbocycles. The normalized spacial score (nSPS) is 10.9. The Kier molecular flexibility index (Phi) is 5.18. The van der Waals surface area contributed by atoms with Gasteiger partial charge in [0.05, 0.1) is 7.11 Å². The molecule has 0 saturated carbocycles. The van der Waals surface area contributed by atoms with Crippen LogP contribution in [0.3, 0.4) is 0 Å². The molecule has 0 bridgehead atoms. The number of hydrogen-bond acceptors (Lipinski definition) is 3. The molecule has 0 aliphatic rings. The predicted molar refractivity (Wildman–Crippen MR) is 116 cm³/mol. The number of anilines is 1. The molecule has 1 N–H and O–H groups in total. The number of carbonyl (C=O) groups is 1. The molecular formula is C22H17Cl2N3O2. The van der Waals surface area contributed by atoms with E-state index in [-0.39, 0.29) is 5.91 Å². The summed E-state index contributed by atoms with van der Waals surface area (Å²) in [6, 6.07) is 16.1. The summed E-state index contributed by atoms with van der Waals surface area (Å²) in [4.78, 5) is 17.7. The number of nitrogens with one attached hydrogen (secondary N) is 1. The van der Waals surface area contributed by atoms with Gasteiger partial charge in [-0.25, -0.2) is 4.98 Å². The van der Waals surface area contributed by atoms with Gasteiger partial charge in [-0.05, 0) is 48.9 Å². The Morgan fingerprint density at radius 3 is 2.52 bits per heavy atom. The molecule has 7 heteroatoms. The van der Waals surface area contributed by atoms with E-state index in [2.05, 4.69) is 5.32 Å². The minimum Gasteiger partial charge on any atom is -0.496 e. The first-order chi connectivity index (χ1) is 14.0.